The normalized spacial score (nSPS) is 18.9. The lowest BCUT2D eigenvalue weighted by molar-refractivity contribution is -0.278. The number of nitrogens with one attached hydrogen (secondary N) is 1. The maximum Gasteiger partial charge on any atom is 0.343 e. The first-order valence-corrected chi connectivity index (χ1v) is 18.7. The van der Waals surface area contributed by atoms with Crippen molar-refractivity contribution < 1.29 is 42.8 Å². The largest absolute Gasteiger partial charge is 0.453 e. The van der Waals surface area contributed by atoms with E-state index >= 15 is 0 Å². The van der Waals surface area contributed by atoms with E-state index < -0.39 is 42.6 Å². The Morgan fingerprint density at radius 2 is 1.47 bits per heavy atom. The summed E-state index contributed by atoms with van der Waals surface area (Å²) in [6.45, 7) is 0.325. The molecular weight excluding hydrogens is 729 g/mol. The maximum atomic E-state index is 13.6. The number of amides is 1. The number of para-hydroxylation sites is 1. The summed E-state index contributed by atoms with van der Waals surface area (Å²) in [4.78, 5) is 42.8. The molecule has 0 aliphatic carbocycles. The fourth-order valence-corrected chi connectivity index (χ4v) is 6.57. The Balaban J connectivity index is 1.28. The molecule has 57 heavy (non-hydrogen) atoms. The summed E-state index contributed by atoms with van der Waals surface area (Å²) in [6, 6.07) is 37.4. The molecule has 1 heterocycles. The van der Waals surface area contributed by atoms with Crippen LogP contribution >= 0.6 is 0 Å². The van der Waals surface area contributed by atoms with E-state index in [0.29, 0.717) is 35.3 Å². The number of methoxy groups -OCH3 is 1. The predicted octanol–water partition coefficient (Wildman–Crippen LogP) is 7.38. The summed E-state index contributed by atoms with van der Waals surface area (Å²) in [5.74, 6) is -1.09. The minimum Gasteiger partial charge on any atom is -0.453 e. The van der Waals surface area contributed by atoms with Gasteiger partial charge in [0.2, 0.25) is 5.91 Å². The summed E-state index contributed by atoms with van der Waals surface area (Å²) < 4.78 is 37.1. The molecule has 13 heteroatoms. The molecule has 1 amide bonds. The second-order valence-electron chi connectivity index (χ2n) is 13.3. The Morgan fingerprint density at radius 3 is 2.21 bits per heavy atom. The highest BCUT2D eigenvalue weighted by Crippen LogP contribution is 2.30. The van der Waals surface area contributed by atoms with Gasteiger partial charge in [-0.2, -0.15) is 0 Å². The van der Waals surface area contributed by atoms with Gasteiger partial charge in [0, 0.05) is 25.0 Å². The third-order valence-corrected chi connectivity index (χ3v) is 9.38. The molecule has 0 radical (unpaired) electrons. The van der Waals surface area contributed by atoms with Gasteiger partial charge >= 0.3 is 11.9 Å². The number of carbonyl (C=O) groups is 3. The van der Waals surface area contributed by atoms with Gasteiger partial charge in [-0.1, -0.05) is 96.1 Å². The molecule has 0 bridgehead atoms. The van der Waals surface area contributed by atoms with Crippen LogP contribution in [0.25, 0.3) is 21.2 Å². The number of hydrogen-bond acceptors (Lipinski definition) is 10. The molecule has 1 N–H and O–H groups in total. The molecule has 0 unspecified atom stereocenters. The lowest BCUT2D eigenvalue weighted by atomic mass is 9.95. The molecule has 1 saturated heterocycles. The second kappa shape index (κ2) is 20.7. The molecule has 5 aromatic rings. The molecule has 5 atom stereocenters. The SMILES string of the molecule is COC[C@H]1O[C@H](OCCc2ccccc2OC(=O)c2ccccc2)[C@H](NC(=O)CCCN=[N+]=[N-])[C@@H](OCc2ccc3ccccc3c2)[C@@H]1OC(=O)c1ccccc1. The van der Waals surface area contributed by atoms with Crippen molar-refractivity contribution in [3.63, 3.8) is 0 Å². The zero-order valence-electron chi connectivity index (χ0n) is 31.5. The van der Waals surface area contributed by atoms with Crippen molar-refractivity contribution in [3.8, 4) is 5.75 Å². The Hall–Kier alpha value is -6.08. The van der Waals surface area contributed by atoms with Gasteiger partial charge in [0.15, 0.2) is 12.4 Å². The fraction of sp³-hybridized carbons (Fsp3) is 0.295. The molecule has 6 rings (SSSR count). The van der Waals surface area contributed by atoms with Crippen LogP contribution < -0.4 is 10.1 Å². The zero-order chi connectivity index (χ0) is 39.8. The van der Waals surface area contributed by atoms with Crippen molar-refractivity contribution in [1.82, 2.24) is 5.32 Å². The van der Waals surface area contributed by atoms with Crippen LogP contribution in [0, 0.1) is 0 Å². The van der Waals surface area contributed by atoms with Crippen molar-refractivity contribution in [2.75, 3.05) is 26.9 Å². The highest BCUT2D eigenvalue weighted by atomic mass is 16.7. The predicted molar refractivity (Wildman–Crippen MR) is 211 cm³/mol. The topological polar surface area (TPSA) is 167 Å². The summed E-state index contributed by atoms with van der Waals surface area (Å²) >= 11 is 0. The average Bonchev–Trinajstić information content (AvgIpc) is 3.24. The lowest BCUT2D eigenvalue weighted by Crippen LogP contribution is -2.66. The zero-order valence-corrected chi connectivity index (χ0v) is 31.5. The van der Waals surface area contributed by atoms with Gasteiger partial charge in [-0.05, 0) is 76.7 Å². The molecule has 0 saturated carbocycles. The maximum absolute atomic E-state index is 13.6. The van der Waals surface area contributed by atoms with E-state index in [2.05, 4.69) is 15.3 Å². The number of esters is 2. The average molecular weight is 773 g/mol. The molecule has 5 aromatic carbocycles. The van der Waals surface area contributed by atoms with E-state index in [1.54, 1.807) is 66.7 Å². The number of ether oxygens (including phenoxy) is 6. The van der Waals surface area contributed by atoms with Crippen molar-refractivity contribution in [2.24, 2.45) is 5.11 Å². The molecule has 294 valence electrons. The van der Waals surface area contributed by atoms with Crippen LogP contribution in [0.4, 0.5) is 0 Å². The summed E-state index contributed by atoms with van der Waals surface area (Å²) in [6.07, 6.45) is -3.35. The van der Waals surface area contributed by atoms with Crippen LogP contribution in [0.1, 0.15) is 44.7 Å². The molecule has 0 spiro atoms. The number of benzene rings is 5. The van der Waals surface area contributed by atoms with Crippen molar-refractivity contribution in [1.29, 1.82) is 0 Å². The Labute approximate surface area is 330 Å². The number of rotatable bonds is 18. The van der Waals surface area contributed by atoms with E-state index in [4.69, 9.17) is 34.0 Å². The van der Waals surface area contributed by atoms with Crippen LogP contribution in [0.3, 0.4) is 0 Å². The van der Waals surface area contributed by atoms with Crippen molar-refractivity contribution in [2.45, 2.75) is 56.5 Å². The standard InChI is InChI=1S/C44H44N4O9/c1-52-29-37-40(57-43(51)34-17-6-3-7-18-34)41(54-28-30-22-23-31-13-8-9-19-35(31)27-30)39(47-38(49)21-12-25-46-48-45)44(56-37)53-26-24-32-14-10-11-20-36(32)55-42(50)33-15-4-2-5-16-33/h2-11,13-20,22-23,27,37,39-41,44H,12,21,24-26,28-29H2,1H3,(H,47,49)/t37-,39-,40-,41-,44+/m1/s1. The van der Waals surface area contributed by atoms with Crippen molar-refractivity contribution >= 4 is 28.6 Å². The molecule has 13 nitrogen and oxygen atoms in total. The monoisotopic (exact) mass is 772 g/mol. The Kier molecular flexibility index (Phi) is 14.8. The first kappa shape index (κ1) is 40.6. The van der Waals surface area contributed by atoms with E-state index in [9.17, 15) is 14.4 Å². The minimum absolute atomic E-state index is 0.00747. The lowest BCUT2D eigenvalue weighted by Gasteiger charge is -2.45. The first-order valence-electron chi connectivity index (χ1n) is 18.7. The van der Waals surface area contributed by atoms with Crippen LogP contribution in [0.2, 0.25) is 0 Å². The highest BCUT2D eigenvalue weighted by molar-refractivity contribution is 5.91. The van der Waals surface area contributed by atoms with Crippen molar-refractivity contribution in [3.05, 3.63) is 160 Å². The van der Waals surface area contributed by atoms with Gasteiger partial charge in [-0.25, -0.2) is 9.59 Å². The summed E-state index contributed by atoms with van der Waals surface area (Å²) in [5, 5.41) is 8.66. The number of carbonyl (C=O) groups excluding carboxylic acids is 3. The summed E-state index contributed by atoms with van der Waals surface area (Å²) in [7, 11) is 1.51. The van der Waals surface area contributed by atoms with Crippen LogP contribution in [0.15, 0.2) is 133 Å². The third-order valence-electron chi connectivity index (χ3n) is 9.38. The Morgan fingerprint density at radius 1 is 0.789 bits per heavy atom. The first-order chi connectivity index (χ1) is 27.9. The van der Waals surface area contributed by atoms with Gasteiger partial charge in [0.25, 0.3) is 0 Å². The fourth-order valence-electron chi connectivity index (χ4n) is 6.57. The third kappa shape index (κ3) is 11.3. The number of nitrogens with zero attached hydrogens (tertiary/aromatic N) is 3. The molecular formula is C44H44N4O9. The van der Waals surface area contributed by atoms with Gasteiger partial charge in [-0.3, -0.25) is 4.79 Å². The van der Waals surface area contributed by atoms with Crippen LogP contribution in [-0.2, 0) is 41.5 Å². The number of fused-ring (bicyclic) bond motifs is 1. The number of azide groups is 1. The molecule has 1 aliphatic heterocycles. The quantitative estimate of drug-likeness (QED) is 0.0239. The molecule has 1 fully saturated rings. The number of hydrogen-bond donors (Lipinski definition) is 1. The smallest absolute Gasteiger partial charge is 0.343 e. The van der Waals surface area contributed by atoms with E-state index in [1.807, 2.05) is 60.7 Å². The van der Waals surface area contributed by atoms with E-state index in [1.165, 1.54) is 7.11 Å². The highest BCUT2D eigenvalue weighted by Gasteiger charge is 2.50. The Bertz CT molecular complexity index is 2150. The van der Waals surface area contributed by atoms with Gasteiger partial charge < -0.3 is 33.7 Å². The van der Waals surface area contributed by atoms with Crippen LogP contribution in [-0.4, -0.2) is 75.4 Å². The van der Waals surface area contributed by atoms with Gasteiger partial charge in [0.05, 0.1) is 30.9 Å². The van der Waals surface area contributed by atoms with Gasteiger partial charge in [-0.15, -0.1) is 0 Å². The molecule has 1 aliphatic rings. The second-order valence-corrected chi connectivity index (χ2v) is 13.3. The minimum atomic E-state index is -1.10. The van der Waals surface area contributed by atoms with E-state index in [-0.39, 0.29) is 38.7 Å². The molecule has 0 aromatic heterocycles. The van der Waals surface area contributed by atoms with Gasteiger partial charge in [0.1, 0.15) is 24.0 Å². The van der Waals surface area contributed by atoms with Crippen LogP contribution in [0.5, 0.6) is 5.75 Å². The van der Waals surface area contributed by atoms with E-state index in [0.717, 1.165) is 16.3 Å². The summed E-state index contributed by atoms with van der Waals surface area (Å²) in [5.41, 5.74) is 11.0.